The minimum Gasteiger partial charge on any atom is -0.479 e. The van der Waals surface area contributed by atoms with Crippen LogP contribution in [0.25, 0.3) is 0 Å². The molecule has 1 aromatic carbocycles. The number of aliphatic carboxylic acids is 1. The predicted octanol–water partition coefficient (Wildman–Crippen LogP) is 2.98. The van der Waals surface area contributed by atoms with E-state index in [-0.39, 0.29) is 11.2 Å². The summed E-state index contributed by atoms with van der Waals surface area (Å²) < 4.78 is 5.00. The molecule has 0 saturated heterocycles. The molecule has 6 nitrogen and oxygen atoms in total. The number of hydrogen-bond donors (Lipinski definition) is 1. The van der Waals surface area contributed by atoms with E-state index >= 15 is 0 Å². The number of aromatic nitrogens is 2. The van der Waals surface area contributed by atoms with Gasteiger partial charge in [0.05, 0.1) is 0 Å². The van der Waals surface area contributed by atoms with Crippen LogP contribution in [0.15, 0.2) is 24.3 Å². The number of nitrogens with zero attached hydrogens (tertiary/aromatic N) is 3. The van der Waals surface area contributed by atoms with Crippen LogP contribution in [0.5, 0.6) is 6.01 Å². The molecule has 116 valence electrons. The smallest absolute Gasteiger partial charge is 0.341 e. The molecule has 1 N–H and O–H groups in total. The predicted molar refractivity (Wildman–Crippen MR) is 84.2 cm³/mol. The van der Waals surface area contributed by atoms with E-state index in [4.69, 9.17) is 21.4 Å². The van der Waals surface area contributed by atoms with Gasteiger partial charge in [0.15, 0.2) is 6.61 Å². The number of carboxylic acids is 1. The maximum atomic E-state index is 10.6. The highest BCUT2D eigenvalue weighted by molar-refractivity contribution is 6.29. The van der Waals surface area contributed by atoms with Gasteiger partial charge in [0.2, 0.25) is 0 Å². The molecule has 0 aliphatic carbocycles. The fourth-order valence-electron chi connectivity index (χ4n) is 1.97. The molecule has 0 bridgehead atoms. The van der Waals surface area contributed by atoms with E-state index in [0.29, 0.717) is 5.82 Å². The highest BCUT2D eigenvalue weighted by Gasteiger charge is 2.13. The van der Waals surface area contributed by atoms with Crippen molar-refractivity contribution in [3.63, 3.8) is 0 Å². The Morgan fingerprint density at radius 2 is 2.09 bits per heavy atom. The third-order valence-corrected chi connectivity index (χ3v) is 3.46. The maximum Gasteiger partial charge on any atom is 0.341 e. The number of hydrogen-bond acceptors (Lipinski definition) is 5. The van der Waals surface area contributed by atoms with Crippen molar-refractivity contribution in [1.82, 2.24) is 9.97 Å². The second-order valence-electron chi connectivity index (χ2n) is 4.79. The summed E-state index contributed by atoms with van der Waals surface area (Å²) in [6.45, 7) is 3.53. The molecular formula is C15H16ClN3O3. The second kappa shape index (κ2) is 6.62. The zero-order chi connectivity index (χ0) is 16.3. The molecule has 1 aromatic heterocycles. The number of ether oxygens (including phenoxy) is 1. The molecular weight excluding hydrogens is 306 g/mol. The number of anilines is 2. The van der Waals surface area contributed by atoms with Gasteiger partial charge < -0.3 is 14.7 Å². The molecule has 22 heavy (non-hydrogen) atoms. The molecule has 0 amide bonds. The van der Waals surface area contributed by atoms with Crippen LogP contribution in [0.3, 0.4) is 0 Å². The summed E-state index contributed by atoms with van der Waals surface area (Å²) in [6.07, 6.45) is 0. The largest absolute Gasteiger partial charge is 0.479 e. The van der Waals surface area contributed by atoms with Crippen LogP contribution < -0.4 is 9.64 Å². The average molecular weight is 322 g/mol. The van der Waals surface area contributed by atoms with Gasteiger partial charge in [-0.1, -0.05) is 23.7 Å². The standard InChI is InChI=1S/C15H16ClN3O3/c1-9-5-4-6-11(10(9)2)19(3)13-7-12(16)17-15(18-13)22-8-14(20)21/h4-7H,8H2,1-3H3,(H,20,21). The molecule has 2 rings (SSSR count). The molecule has 0 radical (unpaired) electrons. The Labute approximate surface area is 133 Å². The topological polar surface area (TPSA) is 75.6 Å². The zero-order valence-electron chi connectivity index (χ0n) is 12.5. The first kappa shape index (κ1) is 16.0. The van der Waals surface area contributed by atoms with Gasteiger partial charge in [-0.05, 0) is 31.0 Å². The molecule has 0 unspecified atom stereocenters. The SMILES string of the molecule is Cc1cccc(N(C)c2cc(Cl)nc(OCC(=O)O)n2)c1C. The fraction of sp³-hybridized carbons (Fsp3) is 0.267. The first-order valence-electron chi connectivity index (χ1n) is 6.57. The molecule has 0 saturated carbocycles. The fourth-order valence-corrected chi connectivity index (χ4v) is 2.14. The summed E-state index contributed by atoms with van der Waals surface area (Å²) >= 11 is 5.96. The molecule has 0 spiro atoms. The Hall–Kier alpha value is -2.34. The van der Waals surface area contributed by atoms with Crippen LogP contribution in [0.1, 0.15) is 11.1 Å². The summed E-state index contributed by atoms with van der Waals surface area (Å²) in [5, 5.41) is 8.83. The van der Waals surface area contributed by atoms with Crippen molar-refractivity contribution in [2.75, 3.05) is 18.6 Å². The van der Waals surface area contributed by atoms with Crippen molar-refractivity contribution in [2.45, 2.75) is 13.8 Å². The van der Waals surface area contributed by atoms with Crippen molar-refractivity contribution in [3.05, 3.63) is 40.5 Å². The lowest BCUT2D eigenvalue weighted by Crippen LogP contribution is -2.15. The molecule has 1 heterocycles. The van der Waals surface area contributed by atoms with E-state index in [1.165, 1.54) is 0 Å². The highest BCUT2D eigenvalue weighted by atomic mass is 35.5. The molecule has 0 atom stereocenters. The van der Waals surface area contributed by atoms with Gasteiger partial charge in [0, 0.05) is 18.8 Å². The number of halogens is 1. The van der Waals surface area contributed by atoms with E-state index < -0.39 is 12.6 Å². The molecule has 0 aliphatic heterocycles. The summed E-state index contributed by atoms with van der Waals surface area (Å²) in [5.41, 5.74) is 3.25. The van der Waals surface area contributed by atoms with Crippen LogP contribution in [0.4, 0.5) is 11.5 Å². The average Bonchev–Trinajstić information content (AvgIpc) is 2.47. The van der Waals surface area contributed by atoms with E-state index in [1.54, 1.807) is 6.07 Å². The second-order valence-corrected chi connectivity index (χ2v) is 5.18. The third-order valence-electron chi connectivity index (χ3n) is 3.27. The number of benzene rings is 1. The normalized spacial score (nSPS) is 10.4. The first-order valence-corrected chi connectivity index (χ1v) is 6.95. The summed E-state index contributed by atoms with van der Waals surface area (Å²) in [6, 6.07) is 7.48. The first-order chi connectivity index (χ1) is 10.4. The van der Waals surface area contributed by atoms with E-state index in [0.717, 1.165) is 16.8 Å². The Bertz CT molecular complexity index is 706. The Morgan fingerprint density at radius 3 is 2.77 bits per heavy atom. The highest BCUT2D eigenvalue weighted by Crippen LogP contribution is 2.29. The minimum atomic E-state index is -1.10. The van der Waals surface area contributed by atoms with Crippen LogP contribution >= 0.6 is 11.6 Å². The van der Waals surface area contributed by atoms with Crippen LogP contribution in [0.2, 0.25) is 5.15 Å². The van der Waals surface area contributed by atoms with Gasteiger partial charge in [-0.3, -0.25) is 0 Å². The van der Waals surface area contributed by atoms with E-state index in [1.807, 2.05) is 44.0 Å². The number of aryl methyl sites for hydroxylation is 1. The van der Waals surface area contributed by atoms with Gasteiger partial charge in [0.25, 0.3) is 0 Å². The summed E-state index contributed by atoms with van der Waals surface area (Å²) in [5.74, 6) is -0.581. The molecule has 0 aliphatic rings. The van der Waals surface area contributed by atoms with Crippen molar-refractivity contribution in [2.24, 2.45) is 0 Å². The lowest BCUT2D eigenvalue weighted by molar-refractivity contribution is -0.139. The zero-order valence-corrected chi connectivity index (χ0v) is 13.3. The number of rotatable bonds is 5. The lowest BCUT2D eigenvalue weighted by atomic mass is 10.1. The Kier molecular flexibility index (Phi) is 4.82. The van der Waals surface area contributed by atoms with Gasteiger partial charge >= 0.3 is 12.0 Å². The van der Waals surface area contributed by atoms with E-state index in [2.05, 4.69) is 9.97 Å². The summed E-state index contributed by atoms with van der Waals surface area (Å²) in [4.78, 5) is 20.5. The van der Waals surface area contributed by atoms with Gasteiger partial charge in [-0.2, -0.15) is 9.97 Å². The van der Waals surface area contributed by atoms with Crippen molar-refractivity contribution in [3.8, 4) is 6.01 Å². The van der Waals surface area contributed by atoms with Crippen LogP contribution in [0, 0.1) is 13.8 Å². The Balaban J connectivity index is 2.35. The minimum absolute atomic E-state index is 0.0675. The quantitative estimate of drug-likeness (QED) is 0.853. The lowest BCUT2D eigenvalue weighted by Gasteiger charge is -2.21. The van der Waals surface area contributed by atoms with Crippen LogP contribution in [-0.2, 0) is 4.79 Å². The van der Waals surface area contributed by atoms with Gasteiger partial charge in [0.1, 0.15) is 11.0 Å². The van der Waals surface area contributed by atoms with Crippen molar-refractivity contribution in [1.29, 1.82) is 0 Å². The summed E-state index contributed by atoms with van der Waals surface area (Å²) in [7, 11) is 1.85. The van der Waals surface area contributed by atoms with Crippen LogP contribution in [-0.4, -0.2) is 34.7 Å². The molecule has 2 aromatic rings. The maximum absolute atomic E-state index is 10.6. The Morgan fingerprint density at radius 1 is 1.36 bits per heavy atom. The monoisotopic (exact) mass is 321 g/mol. The molecule has 7 heteroatoms. The third kappa shape index (κ3) is 3.65. The van der Waals surface area contributed by atoms with Gasteiger partial charge in [-0.25, -0.2) is 4.79 Å². The number of carboxylic acid groups (broad SMARTS) is 1. The van der Waals surface area contributed by atoms with E-state index in [9.17, 15) is 4.79 Å². The van der Waals surface area contributed by atoms with Crippen molar-refractivity contribution >= 4 is 29.1 Å². The van der Waals surface area contributed by atoms with Crippen molar-refractivity contribution < 1.29 is 14.6 Å². The van der Waals surface area contributed by atoms with Gasteiger partial charge in [-0.15, -0.1) is 0 Å². The number of carbonyl (C=O) groups is 1. The molecule has 0 fully saturated rings.